The lowest BCUT2D eigenvalue weighted by atomic mass is 9.84. The zero-order valence-corrected chi connectivity index (χ0v) is 9.52. The van der Waals surface area contributed by atoms with Gasteiger partial charge in [0.2, 0.25) is 0 Å². The highest BCUT2D eigenvalue weighted by atomic mass is 15.3. The van der Waals surface area contributed by atoms with Crippen LogP contribution in [0.2, 0.25) is 0 Å². The molecule has 1 unspecified atom stereocenters. The average molecular weight is 207 g/mol. The molecule has 3 heteroatoms. The van der Waals surface area contributed by atoms with Gasteiger partial charge in [-0.15, -0.1) is 0 Å². The summed E-state index contributed by atoms with van der Waals surface area (Å²) in [6.45, 7) is 1.01. The van der Waals surface area contributed by atoms with Crippen molar-refractivity contribution in [1.29, 1.82) is 0 Å². The number of hydrogen-bond donors (Lipinski definition) is 1. The fraction of sp³-hybridized carbons (Fsp3) is 0.750. The van der Waals surface area contributed by atoms with Crippen molar-refractivity contribution in [2.24, 2.45) is 5.92 Å². The Morgan fingerprint density at radius 3 is 2.80 bits per heavy atom. The molecule has 15 heavy (non-hydrogen) atoms. The van der Waals surface area contributed by atoms with E-state index in [1.807, 2.05) is 23.1 Å². The predicted molar refractivity (Wildman–Crippen MR) is 61.6 cm³/mol. The molecule has 1 heterocycles. The van der Waals surface area contributed by atoms with Crippen LogP contribution in [0.1, 0.15) is 32.1 Å². The molecular weight excluding hydrogens is 186 g/mol. The van der Waals surface area contributed by atoms with E-state index in [-0.39, 0.29) is 0 Å². The van der Waals surface area contributed by atoms with Gasteiger partial charge in [0.1, 0.15) is 0 Å². The molecule has 0 amide bonds. The number of rotatable bonds is 4. The summed E-state index contributed by atoms with van der Waals surface area (Å²) in [4.78, 5) is 0. The molecule has 0 radical (unpaired) electrons. The van der Waals surface area contributed by atoms with Crippen molar-refractivity contribution in [2.75, 3.05) is 7.05 Å². The lowest BCUT2D eigenvalue weighted by Gasteiger charge is -2.29. The molecule has 0 spiro atoms. The molecule has 2 rings (SSSR count). The maximum atomic E-state index is 4.28. The third kappa shape index (κ3) is 2.81. The zero-order chi connectivity index (χ0) is 10.5. The summed E-state index contributed by atoms with van der Waals surface area (Å²) >= 11 is 0. The third-order valence-electron chi connectivity index (χ3n) is 3.53. The number of nitrogens with one attached hydrogen (secondary N) is 1. The number of nitrogens with zero attached hydrogens (tertiary/aromatic N) is 2. The van der Waals surface area contributed by atoms with Gasteiger partial charge in [-0.2, -0.15) is 5.10 Å². The first kappa shape index (κ1) is 10.7. The Balaban J connectivity index is 1.91. The van der Waals surface area contributed by atoms with E-state index in [1.165, 1.54) is 32.1 Å². The molecule has 0 aromatic carbocycles. The van der Waals surface area contributed by atoms with Gasteiger partial charge in [0, 0.05) is 18.4 Å². The first-order chi connectivity index (χ1) is 7.40. The molecule has 1 aromatic rings. The molecule has 1 N–H and O–H groups in total. The Morgan fingerprint density at radius 1 is 1.40 bits per heavy atom. The molecule has 1 saturated carbocycles. The monoisotopic (exact) mass is 207 g/mol. The lowest BCUT2D eigenvalue weighted by molar-refractivity contribution is 0.252. The van der Waals surface area contributed by atoms with Crippen LogP contribution in [0.15, 0.2) is 18.5 Å². The highest BCUT2D eigenvalue weighted by Gasteiger charge is 2.22. The summed E-state index contributed by atoms with van der Waals surface area (Å²) in [5.41, 5.74) is 0. The van der Waals surface area contributed by atoms with Crippen LogP contribution in [0.25, 0.3) is 0 Å². The van der Waals surface area contributed by atoms with Crippen LogP contribution in [-0.4, -0.2) is 22.9 Å². The Kier molecular flexibility index (Phi) is 3.78. The molecule has 3 nitrogen and oxygen atoms in total. The topological polar surface area (TPSA) is 29.9 Å². The van der Waals surface area contributed by atoms with Gasteiger partial charge in [-0.25, -0.2) is 0 Å². The highest BCUT2D eigenvalue weighted by Crippen LogP contribution is 2.26. The minimum absolute atomic E-state index is 0.588. The van der Waals surface area contributed by atoms with Crippen LogP contribution in [0.4, 0.5) is 0 Å². The number of aromatic nitrogens is 2. The van der Waals surface area contributed by atoms with E-state index in [0.29, 0.717) is 6.04 Å². The summed E-state index contributed by atoms with van der Waals surface area (Å²) in [6, 6.07) is 2.58. The fourth-order valence-corrected chi connectivity index (χ4v) is 2.62. The standard InChI is InChI=1S/C12H21N3/c1-13-12(10-15-9-5-8-14-15)11-6-3-2-4-7-11/h5,8-9,11-13H,2-4,6-7,10H2,1H3. The van der Waals surface area contributed by atoms with Crippen molar-refractivity contribution in [3.8, 4) is 0 Å². The lowest BCUT2D eigenvalue weighted by Crippen LogP contribution is -2.38. The molecule has 1 aromatic heterocycles. The molecule has 1 aliphatic rings. The van der Waals surface area contributed by atoms with Crippen molar-refractivity contribution in [2.45, 2.75) is 44.7 Å². The van der Waals surface area contributed by atoms with Crippen LogP contribution in [0, 0.1) is 5.92 Å². The van der Waals surface area contributed by atoms with Crippen LogP contribution in [-0.2, 0) is 6.54 Å². The van der Waals surface area contributed by atoms with Crippen molar-refractivity contribution < 1.29 is 0 Å². The van der Waals surface area contributed by atoms with Gasteiger partial charge in [0.25, 0.3) is 0 Å². The quantitative estimate of drug-likeness (QED) is 0.819. The van der Waals surface area contributed by atoms with Gasteiger partial charge in [-0.1, -0.05) is 19.3 Å². The summed E-state index contributed by atoms with van der Waals surface area (Å²) in [6.07, 6.45) is 10.9. The van der Waals surface area contributed by atoms with E-state index in [2.05, 4.69) is 17.5 Å². The molecule has 0 aliphatic heterocycles. The zero-order valence-electron chi connectivity index (χ0n) is 9.52. The Morgan fingerprint density at radius 2 is 2.20 bits per heavy atom. The summed E-state index contributed by atoms with van der Waals surface area (Å²) < 4.78 is 2.04. The van der Waals surface area contributed by atoms with Crippen molar-refractivity contribution in [3.05, 3.63) is 18.5 Å². The number of hydrogen-bond acceptors (Lipinski definition) is 2. The van der Waals surface area contributed by atoms with E-state index in [9.17, 15) is 0 Å². The average Bonchev–Trinajstić information content (AvgIpc) is 2.80. The van der Waals surface area contributed by atoms with Crippen LogP contribution in [0.5, 0.6) is 0 Å². The highest BCUT2D eigenvalue weighted by molar-refractivity contribution is 4.83. The largest absolute Gasteiger partial charge is 0.315 e. The minimum atomic E-state index is 0.588. The third-order valence-corrected chi connectivity index (χ3v) is 3.53. The van der Waals surface area contributed by atoms with Crippen molar-refractivity contribution >= 4 is 0 Å². The van der Waals surface area contributed by atoms with E-state index in [0.717, 1.165) is 12.5 Å². The molecule has 1 aliphatic carbocycles. The van der Waals surface area contributed by atoms with Gasteiger partial charge in [0.05, 0.1) is 6.54 Å². The summed E-state index contributed by atoms with van der Waals surface area (Å²) in [7, 11) is 2.07. The first-order valence-electron chi connectivity index (χ1n) is 6.05. The fourth-order valence-electron chi connectivity index (χ4n) is 2.62. The Bertz CT molecular complexity index is 262. The molecule has 84 valence electrons. The second-order valence-electron chi connectivity index (χ2n) is 4.52. The second-order valence-corrected chi connectivity index (χ2v) is 4.52. The van der Waals surface area contributed by atoms with Gasteiger partial charge >= 0.3 is 0 Å². The van der Waals surface area contributed by atoms with Gasteiger partial charge in [-0.05, 0) is 31.9 Å². The minimum Gasteiger partial charge on any atom is -0.315 e. The van der Waals surface area contributed by atoms with Crippen LogP contribution < -0.4 is 5.32 Å². The number of likely N-dealkylation sites (N-methyl/N-ethyl adjacent to an activating group) is 1. The van der Waals surface area contributed by atoms with E-state index in [4.69, 9.17) is 0 Å². The van der Waals surface area contributed by atoms with Crippen molar-refractivity contribution in [1.82, 2.24) is 15.1 Å². The normalized spacial score (nSPS) is 20.3. The summed E-state index contributed by atoms with van der Waals surface area (Å²) in [5.74, 6) is 0.841. The smallest absolute Gasteiger partial charge is 0.0565 e. The second kappa shape index (κ2) is 5.31. The maximum absolute atomic E-state index is 4.28. The molecule has 1 fully saturated rings. The Hall–Kier alpha value is -0.830. The maximum Gasteiger partial charge on any atom is 0.0565 e. The van der Waals surface area contributed by atoms with Crippen molar-refractivity contribution in [3.63, 3.8) is 0 Å². The Labute approximate surface area is 91.9 Å². The molecule has 0 bridgehead atoms. The molecule has 0 saturated heterocycles. The van der Waals surface area contributed by atoms with E-state index < -0.39 is 0 Å². The molecule has 1 atom stereocenters. The first-order valence-corrected chi connectivity index (χ1v) is 6.05. The molecular formula is C12H21N3. The van der Waals surface area contributed by atoms with Crippen LogP contribution in [0.3, 0.4) is 0 Å². The van der Waals surface area contributed by atoms with Crippen LogP contribution >= 0.6 is 0 Å². The van der Waals surface area contributed by atoms with E-state index >= 15 is 0 Å². The van der Waals surface area contributed by atoms with Gasteiger partial charge < -0.3 is 5.32 Å². The van der Waals surface area contributed by atoms with Gasteiger partial charge in [0.15, 0.2) is 0 Å². The van der Waals surface area contributed by atoms with Gasteiger partial charge in [-0.3, -0.25) is 4.68 Å². The predicted octanol–water partition coefficient (Wildman–Crippen LogP) is 2.05. The summed E-state index contributed by atoms with van der Waals surface area (Å²) in [5, 5.41) is 7.72. The SMILES string of the molecule is CNC(Cn1cccn1)C1CCCCC1. The van der Waals surface area contributed by atoms with E-state index in [1.54, 1.807) is 0 Å².